The number of rotatable bonds is 7. The molecule has 160 valence electrons. The molecule has 0 saturated heterocycles. The van der Waals surface area contributed by atoms with Crippen LogP contribution in [-0.4, -0.2) is 32.1 Å². The van der Waals surface area contributed by atoms with Gasteiger partial charge in [0, 0.05) is 12.0 Å². The van der Waals surface area contributed by atoms with E-state index in [-0.39, 0.29) is 11.4 Å². The number of benzene rings is 1. The molecule has 1 aromatic carbocycles. The van der Waals surface area contributed by atoms with Gasteiger partial charge in [-0.3, -0.25) is 4.79 Å². The molecule has 30 heavy (non-hydrogen) atoms. The molecule has 6 nitrogen and oxygen atoms in total. The Hall–Kier alpha value is -2.02. The number of carbonyl (C=O) groups is 1. The van der Waals surface area contributed by atoms with Crippen molar-refractivity contribution in [2.45, 2.75) is 68.5 Å². The van der Waals surface area contributed by atoms with Crippen LogP contribution in [0.15, 0.2) is 35.5 Å². The van der Waals surface area contributed by atoms with Crippen molar-refractivity contribution >= 4 is 17.7 Å². The van der Waals surface area contributed by atoms with E-state index >= 15 is 0 Å². The van der Waals surface area contributed by atoms with Crippen LogP contribution in [0.5, 0.6) is 0 Å². The van der Waals surface area contributed by atoms with E-state index in [1.165, 1.54) is 55.9 Å². The Morgan fingerprint density at radius 1 is 1.17 bits per heavy atom. The van der Waals surface area contributed by atoms with Gasteiger partial charge < -0.3 is 11.2 Å². The number of nitrogens with two attached hydrogens (primary N) is 1. The molecule has 4 saturated carbocycles. The maximum atomic E-state index is 12.8. The maximum absolute atomic E-state index is 12.8. The van der Waals surface area contributed by atoms with Gasteiger partial charge in [-0.15, -0.1) is 10.2 Å². The van der Waals surface area contributed by atoms with Crippen LogP contribution in [-0.2, 0) is 11.2 Å². The lowest BCUT2D eigenvalue weighted by Gasteiger charge is -2.56. The van der Waals surface area contributed by atoms with Crippen LogP contribution in [0.1, 0.15) is 62.8 Å². The second kappa shape index (κ2) is 7.91. The first-order valence-electron chi connectivity index (χ1n) is 11.2. The van der Waals surface area contributed by atoms with Crippen molar-refractivity contribution in [2.75, 3.05) is 11.6 Å². The zero-order valence-electron chi connectivity index (χ0n) is 17.6. The second-order valence-corrected chi connectivity index (χ2v) is 10.8. The zero-order chi connectivity index (χ0) is 20.7. The van der Waals surface area contributed by atoms with Crippen molar-refractivity contribution in [3.8, 4) is 0 Å². The predicted molar refractivity (Wildman–Crippen MR) is 119 cm³/mol. The first kappa shape index (κ1) is 19.9. The molecule has 2 aromatic rings. The lowest BCUT2D eigenvalue weighted by molar-refractivity contribution is -0.124. The van der Waals surface area contributed by atoms with Crippen LogP contribution in [0.2, 0.25) is 0 Å². The molecule has 7 heteroatoms. The lowest BCUT2D eigenvalue weighted by atomic mass is 9.53. The third kappa shape index (κ3) is 3.96. The number of aromatic nitrogens is 3. The Morgan fingerprint density at radius 3 is 2.43 bits per heavy atom. The van der Waals surface area contributed by atoms with Crippen molar-refractivity contribution in [2.24, 2.45) is 17.8 Å². The maximum Gasteiger partial charge on any atom is 0.230 e. The summed E-state index contributed by atoms with van der Waals surface area (Å²) in [5, 5.41) is 12.5. The molecule has 4 fully saturated rings. The minimum Gasteiger partial charge on any atom is -0.350 e. The number of thioether (sulfide) groups is 1. The van der Waals surface area contributed by atoms with E-state index in [1.54, 1.807) is 4.68 Å². The summed E-state index contributed by atoms with van der Waals surface area (Å²) in [6, 6.07) is 10.3. The molecule has 4 aliphatic rings. The standard InChI is InChI=1S/C23H31N5OS/c1-15(19-5-3-2-4-6-19)7-20-26-27-22(28(20)24)30-14-21(29)25-23-11-16-8-17(12-23)10-18(9-16)13-23/h2-6,15-18H,7-14,24H2,1H3,(H,25,29)/t15-,16?,17?,18?,23?/m1/s1. The summed E-state index contributed by atoms with van der Waals surface area (Å²) in [6.07, 6.45) is 8.37. The SMILES string of the molecule is C[C@H](Cc1nnc(SCC(=O)NC23CC4CC(CC(C4)C2)C3)n1N)c1ccccc1. The quantitative estimate of drug-likeness (QED) is 0.524. The molecule has 0 radical (unpaired) electrons. The Morgan fingerprint density at radius 2 is 1.80 bits per heavy atom. The topological polar surface area (TPSA) is 85.8 Å². The number of carbonyl (C=O) groups excluding carboxylic acids is 1. The number of nitrogen functional groups attached to an aromatic ring is 1. The first-order chi connectivity index (χ1) is 14.5. The number of nitrogens with zero attached hydrogens (tertiary/aromatic N) is 3. The highest BCUT2D eigenvalue weighted by Gasteiger charge is 2.51. The molecule has 1 amide bonds. The van der Waals surface area contributed by atoms with E-state index in [9.17, 15) is 4.79 Å². The molecule has 0 spiro atoms. The largest absolute Gasteiger partial charge is 0.350 e. The van der Waals surface area contributed by atoms with Crippen LogP contribution in [0, 0.1) is 17.8 Å². The van der Waals surface area contributed by atoms with Gasteiger partial charge in [-0.25, -0.2) is 4.68 Å². The summed E-state index contributed by atoms with van der Waals surface area (Å²) in [6.45, 7) is 2.16. The van der Waals surface area contributed by atoms with Gasteiger partial charge in [-0.2, -0.15) is 0 Å². The van der Waals surface area contributed by atoms with Gasteiger partial charge in [0.25, 0.3) is 0 Å². The third-order valence-corrected chi connectivity index (χ3v) is 8.31. The summed E-state index contributed by atoms with van der Waals surface area (Å²) in [4.78, 5) is 12.8. The lowest BCUT2D eigenvalue weighted by Crippen LogP contribution is -2.60. The molecule has 0 unspecified atom stereocenters. The van der Waals surface area contributed by atoms with E-state index in [2.05, 4.69) is 34.6 Å². The molecule has 0 aliphatic heterocycles. The predicted octanol–water partition coefficient (Wildman–Crippen LogP) is 3.52. The molecule has 4 bridgehead atoms. The highest BCUT2D eigenvalue weighted by atomic mass is 32.2. The van der Waals surface area contributed by atoms with Crippen molar-refractivity contribution in [3.05, 3.63) is 41.7 Å². The minimum absolute atomic E-state index is 0.0546. The molecule has 4 aliphatic carbocycles. The summed E-state index contributed by atoms with van der Waals surface area (Å²) in [5.74, 6) is 10.2. The number of nitrogens with one attached hydrogen (secondary N) is 1. The van der Waals surface area contributed by atoms with Gasteiger partial charge in [0.15, 0.2) is 5.82 Å². The Kier molecular flexibility index (Phi) is 5.25. The fourth-order valence-electron chi connectivity index (χ4n) is 6.44. The van der Waals surface area contributed by atoms with E-state index in [0.29, 0.717) is 23.2 Å². The monoisotopic (exact) mass is 425 g/mol. The summed E-state index contributed by atoms with van der Waals surface area (Å²) >= 11 is 1.38. The molecular formula is C23H31N5OS. The summed E-state index contributed by atoms with van der Waals surface area (Å²) in [7, 11) is 0. The first-order valence-corrected chi connectivity index (χ1v) is 12.2. The minimum atomic E-state index is 0.0546. The van der Waals surface area contributed by atoms with Gasteiger partial charge in [-0.05, 0) is 67.8 Å². The van der Waals surface area contributed by atoms with Crippen LogP contribution in [0.25, 0.3) is 0 Å². The fourth-order valence-corrected chi connectivity index (χ4v) is 7.12. The number of hydrogen-bond acceptors (Lipinski definition) is 5. The summed E-state index contributed by atoms with van der Waals surface area (Å²) < 4.78 is 1.54. The van der Waals surface area contributed by atoms with E-state index in [0.717, 1.165) is 23.6 Å². The van der Waals surface area contributed by atoms with Crippen LogP contribution >= 0.6 is 11.8 Å². The van der Waals surface area contributed by atoms with Gasteiger partial charge >= 0.3 is 0 Å². The van der Waals surface area contributed by atoms with Crippen LogP contribution in [0.4, 0.5) is 0 Å². The highest BCUT2D eigenvalue weighted by Crippen LogP contribution is 2.55. The molecule has 3 N–H and O–H groups in total. The highest BCUT2D eigenvalue weighted by molar-refractivity contribution is 7.99. The zero-order valence-corrected chi connectivity index (χ0v) is 18.4. The van der Waals surface area contributed by atoms with E-state index in [1.807, 2.05) is 18.2 Å². The fraction of sp³-hybridized carbons (Fsp3) is 0.609. The van der Waals surface area contributed by atoms with Crippen molar-refractivity contribution < 1.29 is 4.79 Å². The molecule has 6 rings (SSSR count). The normalized spacial score (nSPS) is 30.4. The molecule has 1 atom stereocenters. The number of amides is 1. The summed E-state index contributed by atoms with van der Waals surface area (Å²) in [5.41, 5.74) is 1.31. The van der Waals surface area contributed by atoms with E-state index < -0.39 is 0 Å². The van der Waals surface area contributed by atoms with Gasteiger partial charge in [0.1, 0.15) is 0 Å². The van der Waals surface area contributed by atoms with Crippen molar-refractivity contribution in [1.82, 2.24) is 20.2 Å². The second-order valence-electron chi connectivity index (χ2n) is 9.82. The van der Waals surface area contributed by atoms with Crippen molar-refractivity contribution in [1.29, 1.82) is 0 Å². The van der Waals surface area contributed by atoms with Gasteiger partial charge in [-0.1, -0.05) is 49.0 Å². The average Bonchev–Trinajstić information content (AvgIpc) is 3.05. The third-order valence-electron chi connectivity index (χ3n) is 7.37. The van der Waals surface area contributed by atoms with Crippen LogP contribution < -0.4 is 11.2 Å². The van der Waals surface area contributed by atoms with Gasteiger partial charge in [0.05, 0.1) is 5.75 Å². The van der Waals surface area contributed by atoms with Crippen molar-refractivity contribution in [3.63, 3.8) is 0 Å². The molecular weight excluding hydrogens is 394 g/mol. The van der Waals surface area contributed by atoms with Crippen LogP contribution in [0.3, 0.4) is 0 Å². The Balaban J connectivity index is 1.17. The molecule has 1 heterocycles. The Labute approximate surface area is 182 Å². The Bertz CT molecular complexity index is 876. The van der Waals surface area contributed by atoms with Gasteiger partial charge in [0.2, 0.25) is 11.1 Å². The van der Waals surface area contributed by atoms with E-state index in [4.69, 9.17) is 5.84 Å². The molecule has 1 aromatic heterocycles. The smallest absolute Gasteiger partial charge is 0.230 e. The average molecular weight is 426 g/mol. The number of hydrogen-bond donors (Lipinski definition) is 2.